The Morgan fingerprint density at radius 3 is 2.64 bits per heavy atom. The summed E-state index contributed by atoms with van der Waals surface area (Å²) in [7, 11) is 0. The van der Waals surface area contributed by atoms with Crippen molar-refractivity contribution in [1.29, 1.82) is 0 Å². The van der Waals surface area contributed by atoms with Crippen molar-refractivity contribution in [2.45, 2.75) is 20.3 Å². The first-order chi connectivity index (χ1) is 10.6. The molecule has 1 aromatic heterocycles. The molecule has 0 aliphatic rings. The fourth-order valence-electron chi connectivity index (χ4n) is 2.61. The van der Waals surface area contributed by atoms with Gasteiger partial charge in [-0.25, -0.2) is 4.98 Å². The first-order valence-electron chi connectivity index (χ1n) is 7.29. The lowest BCUT2D eigenvalue weighted by Gasteiger charge is -2.09. The van der Waals surface area contributed by atoms with Gasteiger partial charge in [-0.1, -0.05) is 36.8 Å². The molecule has 3 heteroatoms. The molecule has 0 unspecified atom stereocenters. The Kier molecular flexibility index (Phi) is 3.95. The summed E-state index contributed by atoms with van der Waals surface area (Å²) in [5.74, 6) is 0. The van der Waals surface area contributed by atoms with Crippen LogP contribution in [0.15, 0.2) is 48.5 Å². The predicted molar refractivity (Wildman–Crippen MR) is 91.5 cm³/mol. The van der Waals surface area contributed by atoms with E-state index in [1.165, 1.54) is 0 Å². The third kappa shape index (κ3) is 2.75. The molecule has 0 aliphatic carbocycles. The summed E-state index contributed by atoms with van der Waals surface area (Å²) in [5.41, 5.74) is 5.38. The fourth-order valence-corrected chi connectivity index (χ4v) is 2.76. The molecular weight excluding hydrogens is 294 g/mol. The lowest BCUT2D eigenvalue weighted by Crippen LogP contribution is -1.97. The maximum absolute atomic E-state index is 11.8. The Hall–Kier alpha value is -2.19. The normalized spacial score (nSPS) is 10.9. The Bertz CT molecular complexity index is 870. The molecular formula is C19H16ClNO. The number of hydrogen-bond acceptors (Lipinski definition) is 2. The van der Waals surface area contributed by atoms with Gasteiger partial charge in [-0.05, 0) is 54.8 Å². The van der Waals surface area contributed by atoms with Gasteiger partial charge in [0.2, 0.25) is 0 Å². The van der Waals surface area contributed by atoms with Crippen LogP contribution in [0.25, 0.3) is 22.2 Å². The molecule has 22 heavy (non-hydrogen) atoms. The van der Waals surface area contributed by atoms with Gasteiger partial charge >= 0.3 is 0 Å². The van der Waals surface area contributed by atoms with E-state index in [-0.39, 0.29) is 0 Å². The van der Waals surface area contributed by atoms with E-state index in [1.54, 1.807) is 6.07 Å². The highest BCUT2D eigenvalue weighted by Crippen LogP contribution is 2.27. The molecule has 2 aromatic carbocycles. The van der Waals surface area contributed by atoms with Crippen LogP contribution in [-0.4, -0.2) is 10.2 Å². The van der Waals surface area contributed by atoms with Crippen molar-refractivity contribution in [2.75, 3.05) is 0 Å². The maximum atomic E-state index is 11.8. The van der Waals surface area contributed by atoms with Crippen molar-refractivity contribution in [2.24, 2.45) is 0 Å². The summed E-state index contributed by atoms with van der Waals surface area (Å²) < 4.78 is 0. The van der Waals surface area contributed by atoms with Gasteiger partial charge in [0.1, 0.15) is 0 Å². The summed E-state index contributed by atoms with van der Waals surface area (Å²) in [5, 5.41) is 0.366. The first-order valence-corrected chi connectivity index (χ1v) is 7.67. The molecule has 2 nitrogen and oxygen atoms in total. The minimum absolute atomic E-state index is 0.449. The fraction of sp³-hybridized carbons (Fsp3) is 0.158. The molecule has 0 radical (unpaired) electrons. The van der Waals surface area contributed by atoms with E-state index in [0.29, 0.717) is 5.56 Å². The second kappa shape index (κ2) is 5.90. The standard InChI is InChI=1S/C19H16ClNO/c1-3-13-7-8-17-15(10-13)16(19(20)22)11-18(21-17)14-6-4-5-12(2)9-14/h4-11H,3H2,1-2H3. The molecule has 0 amide bonds. The first kappa shape index (κ1) is 14.7. The summed E-state index contributed by atoms with van der Waals surface area (Å²) in [6, 6.07) is 15.8. The van der Waals surface area contributed by atoms with Crippen molar-refractivity contribution in [1.82, 2.24) is 4.98 Å². The van der Waals surface area contributed by atoms with Crippen LogP contribution >= 0.6 is 11.6 Å². The van der Waals surface area contributed by atoms with E-state index in [9.17, 15) is 4.79 Å². The van der Waals surface area contributed by atoms with Gasteiger partial charge < -0.3 is 0 Å². The lowest BCUT2D eigenvalue weighted by atomic mass is 10.0. The van der Waals surface area contributed by atoms with Crippen molar-refractivity contribution < 1.29 is 4.79 Å². The van der Waals surface area contributed by atoms with E-state index in [2.05, 4.69) is 13.0 Å². The third-order valence-corrected chi connectivity index (χ3v) is 4.01. The number of benzene rings is 2. The molecule has 0 N–H and O–H groups in total. The number of nitrogens with zero attached hydrogens (tertiary/aromatic N) is 1. The van der Waals surface area contributed by atoms with Crippen LogP contribution in [0.2, 0.25) is 0 Å². The SMILES string of the molecule is CCc1ccc2nc(-c3cccc(C)c3)cc(C(=O)Cl)c2c1. The van der Waals surface area contributed by atoms with E-state index in [1.807, 2.05) is 43.3 Å². The van der Waals surface area contributed by atoms with E-state index in [0.717, 1.165) is 39.7 Å². The van der Waals surface area contributed by atoms with Gasteiger partial charge in [-0.15, -0.1) is 0 Å². The zero-order valence-electron chi connectivity index (χ0n) is 12.6. The lowest BCUT2D eigenvalue weighted by molar-refractivity contribution is 0.108. The summed E-state index contributed by atoms with van der Waals surface area (Å²) >= 11 is 5.80. The minimum Gasteiger partial charge on any atom is -0.276 e. The Morgan fingerprint density at radius 2 is 1.95 bits per heavy atom. The van der Waals surface area contributed by atoms with Crippen LogP contribution in [-0.2, 0) is 6.42 Å². The smallest absolute Gasteiger partial charge is 0.253 e. The quantitative estimate of drug-likeness (QED) is 0.626. The molecule has 3 rings (SSSR count). The number of rotatable bonds is 3. The minimum atomic E-state index is -0.449. The van der Waals surface area contributed by atoms with E-state index < -0.39 is 5.24 Å². The molecule has 0 bridgehead atoms. The number of hydrogen-bond donors (Lipinski definition) is 0. The van der Waals surface area contributed by atoms with Gasteiger partial charge in [-0.3, -0.25) is 4.79 Å². The summed E-state index contributed by atoms with van der Waals surface area (Å²) in [6.45, 7) is 4.11. The maximum Gasteiger partial charge on any atom is 0.253 e. The molecule has 0 atom stereocenters. The zero-order chi connectivity index (χ0) is 15.7. The number of halogens is 1. The number of fused-ring (bicyclic) bond motifs is 1. The number of aryl methyl sites for hydroxylation is 2. The van der Waals surface area contributed by atoms with Gasteiger partial charge in [0.15, 0.2) is 0 Å². The van der Waals surface area contributed by atoms with Crippen LogP contribution in [0.4, 0.5) is 0 Å². The molecule has 0 saturated carbocycles. The zero-order valence-corrected chi connectivity index (χ0v) is 13.3. The number of carbonyl (C=O) groups is 1. The van der Waals surface area contributed by atoms with E-state index >= 15 is 0 Å². The summed E-state index contributed by atoms with van der Waals surface area (Å²) in [6.07, 6.45) is 0.908. The van der Waals surface area contributed by atoms with Gasteiger partial charge in [0, 0.05) is 16.5 Å². The van der Waals surface area contributed by atoms with Crippen LogP contribution in [0.1, 0.15) is 28.4 Å². The molecule has 110 valence electrons. The van der Waals surface area contributed by atoms with Crippen molar-refractivity contribution in [3.05, 3.63) is 65.2 Å². The topological polar surface area (TPSA) is 30.0 Å². The second-order valence-corrected chi connectivity index (χ2v) is 5.75. The average Bonchev–Trinajstić information content (AvgIpc) is 2.53. The highest BCUT2D eigenvalue weighted by Gasteiger charge is 2.12. The number of aromatic nitrogens is 1. The third-order valence-electron chi connectivity index (χ3n) is 3.81. The molecule has 3 aromatic rings. The molecule has 0 fully saturated rings. The van der Waals surface area contributed by atoms with Gasteiger partial charge in [0.05, 0.1) is 11.2 Å². The monoisotopic (exact) mass is 309 g/mol. The molecule has 0 spiro atoms. The number of carbonyl (C=O) groups excluding carboxylic acids is 1. The number of pyridine rings is 1. The Balaban J connectivity index is 2.28. The van der Waals surface area contributed by atoms with Crippen LogP contribution in [0.5, 0.6) is 0 Å². The van der Waals surface area contributed by atoms with Crippen LogP contribution in [0.3, 0.4) is 0 Å². The van der Waals surface area contributed by atoms with Crippen LogP contribution in [0, 0.1) is 6.92 Å². The van der Waals surface area contributed by atoms with Crippen LogP contribution < -0.4 is 0 Å². The van der Waals surface area contributed by atoms with E-state index in [4.69, 9.17) is 16.6 Å². The molecule has 0 aliphatic heterocycles. The van der Waals surface area contributed by atoms with Crippen molar-refractivity contribution in [3.63, 3.8) is 0 Å². The van der Waals surface area contributed by atoms with Gasteiger partial charge in [-0.2, -0.15) is 0 Å². The Morgan fingerprint density at radius 1 is 1.14 bits per heavy atom. The Labute approximate surface area is 134 Å². The predicted octanol–water partition coefficient (Wildman–Crippen LogP) is 5.15. The summed E-state index contributed by atoms with van der Waals surface area (Å²) in [4.78, 5) is 16.5. The second-order valence-electron chi connectivity index (χ2n) is 5.40. The highest BCUT2D eigenvalue weighted by molar-refractivity contribution is 6.68. The highest BCUT2D eigenvalue weighted by atomic mass is 35.5. The average molecular weight is 310 g/mol. The van der Waals surface area contributed by atoms with Crippen molar-refractivity contribution in [3.8, 4) is 11.3 Å². The molecule has 1 heterocycles. The van der Waals surface area contributed by atoms with Gasteiger partial charge in [0.25, 0.3) is 5.24 Å². The van der Waals surface area contributed by atoms with Crippen molar-refractivity contribution >= 4 is 27.7 Å². The largest absolute Gasteiger partial charge is 0.276 e. The molecule has 0 saturated heterocycles.